The molecule has 0 radical (unpaired) electrons. The Morgan fingerprint density at radius 2 is 1.74 bits per heavy atom. The largest absolute Gasteiger partial charge is 0.502 e. The summed E-state index contributed by atoms with van der Waals surface area (Å²) in [4.78, 5) is 9.45. The van der Waals surface area contributed by atoms with E-state index in [1.54, 1.807) is 0 Å². The number of phenolic OH excluding ortho intramolecular Hbond substituents is 1. The van der Waals surface area contributed by atoms with Crippen molar-refractivity contribution in [2.75, 3.05) is 0 Å². The molecule has 0 saturated carbocycles. The SMILES string of the molecule is O=[N+]([O-])c1cc(/C=N/NC(F)(F)C(F)(F)C(F)(F)F)ccc1O. The molecule has 0 amide bonds. The molecule has 0 aromatic heterocycles. The van der Waals surface area contributed by atoms with Crippen molar-refractivity contribution < 1.29 is 40.8 Å². The van der Waals surface area contributed by atoms with Gasteiger partial charge in [-0.05, 0) is 12.1 Å². The molecular weight excluding hydrogens is 343 g/mol. The molecular formula is C10H6F7N3O3. The summed E-state index contributed by atoms with van der Waals surface area (Å²) in [5, 5.41) is 22.1. The van der Waals surface area contributed by atoms with Gasteiger partial charge in [0.25, 0.3) is 0 Å². The maximum atomic E-state index is 12.8. The van der Waals surface area contributed by atoms with Crippen molar-refractivity contribution >= 4 is 11.9 Å². The number of alkyl halides is 7. The highest BCUT2D eigenvalue weighted by Crippen LogP contribution is 2.44. The van der Waals surface area contributed by atoms with Crippen LogP contribution in [0.25, 0.3) is 0 Å². The predicted molar refractivity (Wildman–Crippen MR) is 61.4 cm³/mol. The average molecular weight is 349 g/mol. The van der Waals surface area contributed by atoms with E-state index >= 15 is 0 Å². The highest BCUT2D eigenvalue weighted by molar-refractivity contribution is 5.81. The number of hydrogen-bond acceptors (Lipinski definition) is 5. The van der Waals surface area contributed by atoms with E-state index in [1.165, 1.54) is 0 Å². The molecule has 0 fully saturated rings. The Morgan fingerprint density at radius 1 is 1.17 bits per heavy atom. The fraction of sp³-hybridized carbons (Fsp3) is 0.300. The molecule has 1 aromatic rings. The van der Waals surface area contributed by atoms with Gasteiger partial charge in [0.05, 0.1) is 11.1 Å². The minimum atomic E-state index is -6.52. The van der Waals surface area contributed by atoms with Gasteiger partial charge in [-0.15, -0.1) is 0 Å². The molecule has 0 saturated heterocycles. The van der Waals surface area contributed by atoms with Gasteiger partial charge in [-0.3, -0.25) is 10.1 Å². The molecule has 1 aromatic carbocycles. The molecule has 0 atom stereocenters. The maximum absolute atomic E-state index is 12.8. The Bertz CT molecular complexity index is 631. The van der Waals surface area contributed by atoms with Gasteiger partial charge in [0.15, 0.2) is 5.75 Å². The lowest BCUT2D eigenvalue weighted by Gasteiger charge is -2.27. The Hall–Kier alpha value is -2.60. The molecule has 128 valence electrons. The Balaban J connectivity index is 2.95. The smallest absolute Gasteiger partial charge is 0.462 e. The van der Waals surface area contributed by atoms with Crippen molar-refractivity contribution in [2.24, 2.45) is 5.10 Å². The van der Waals surface area contributed by atoms with Crippen molar-refractivity contribution in [3.05, 3.63) is 33.9 Å². The van der Waals surface area contributed by atoms with Crippen LogP contribution in [0.3, 0.4) is 0 Å². The first-order chi connectivity index (χ1) is 10.3. The number of phenols is 1. The quantitative estimate of drug-likeness (QED) is 0.281. The van der Waals surface area contributed by atoms with Gasteiger partial charge in [0, 0.05) is 11.6 Å². The Labute approximate surface area is 122 Å². The topological polar surface area (TPSA) is 87.8 Å². The molecule has 6 nitrogen and oxygen atoms in total. The molecule has 0 aliphatic rings. The fourth-order valence-corrected chi connectivity index (χ4v) is 1.20. The summed E-state index contributed by atoms with van der Waals surface area (Å²) in [6.07, 6.45) is -6.18. The van der Waals surface area contributed by atoms with E-state index < -0.39 is 34.5 Å². The van der Waals surface area contributed by atoms with Gasteiger partial charge >= 0.3 is 23.8 Å². The highest BCUT2D eigenvalue weighted by atomic mass is 19.4. The van der Waals surface area contributed by atoms with Gasteiger partial charge in [-0.2, -0.15) is 35.8 Å². The molecule has 0 heterocycles. The minimum absolute atomic E-state index is 0.312. The summed E-state index contributed by atoms with van der Waals surface area (Å²) in [6, 6.07) is -3.40. The van der Waals surface area contributed by atoms with E-state index in [1.807, 2.05) is 0 Å². The lowest BCUT2D eigenvalue weighted by molar-refractivity contribution is -0.385. The van der Waals surface area contributed by atoms with E-state index in [0.717, 1.165) is 12.1 Å². The summed E-state index contributed by atoms with van der Waals surface area (Å²) in [5.41, 5.74) is -0.807. The molecule has 13 heteroatoms. The van der Waals surface area contributed by atoms with E-state index in [0.29, 0.717) is 17.7 Å². The Kier molecular flexibility index (Phi) is 4.72. The van der Waals surface area contributed by atoms with E-state index in [2.05, 4.69) is 5.10 Å². The van der Waals surface area contributed by atoms with Gasteiger partial charge < -0.3 is 5.11 Å². The van der Waals surface area contributed by atoms with Gasteiger partial charge in [0.1, 0.15) is 0 Å². The molecule has 0 aliphatic heterocycles. The Morgan fingerprint density at radius 3 is 2.22 bits per heavy atom. The van der Waals surface area contributed by atoms with Gasteiger partial charge in [-0.1, -0.05) is 0 Å². The van der Waals surface area contributed by atoms with Crippen LogP contribution in [0.5, 0.6) is 5.75 Å². The van der Waals surface area contributed by atoms with Crippen LogP contribution in [-0.4, -0.2) is 34.4 Å². The number of nitro groups is 1. The van der Waals surface area contributed by atoms with Crippen molar-refractivity contribution in [3.8, 4) is 5.75 Å². The highest BCUT2D eigenvalue weighted by Gasteiger charge is 2.73. The number of nitrogens with one attached hydrogen (secondary N) is 1. The predicted octanol–water partition coefficient (Wildman–Crippen LogP) is 3.01. The van der Waals surface area contributed by atoms with Crippen LogP contribution in [-0.2, 0) is 0 Å². The summed E-state index contributed by atoms with van der Waals surface area (Å²) >= 11 is 0. The minimum Gasteiger partial charge on any atom is -0.502 e. The van der Waals surface area contributed by atoms with Crippen LogP contribution >= 0.6 is 0 Å². The number of hydrazone groups is 1. The van der Waals surface area contributed by atoms with Crippen LogP contribution < -0.4 is 5.43 Å². The number of rotatable bonds is 5. The summed E-state index contributed by atoms with van der Waals surface area (Å²) in [6.45, 7) is 0. The molecule has 0 bridgehead atoms. The van der Waals surface area contributed by atoms with E-state index in [-0.39, 0.29) is 5.56 Å². The second-order valence-electron chi connectivity index (χ2n) is 4.02. The van der Waals surface area contributed by atoms with Crippen LogP contribution in [0.4, 0.5) is 36.4 Å². The van der Waals surface area contributed by atoms with Crippen molar-refractivity contribution in [1.82, 2.24) is 5.43 Å². The van der Waals surface area contributed by atoms with E-state index in [4.69, 9.17) is 5.11 Å². The molecule has 0 unspecified atom stereocenters. The van der Waals surface area contributed by atoms with Gasteiger partial charge in [0.2, 0.25) is 0 Å². The first kappa shape index (κ1) is 18.4. The van der Waals surface area contributed by atoms with Crippen LogP contribution in [0.1, 0.15) is 5.56 Å². The number of benzene rings is 1. The van der Waals surface area contributed by atoms with Crippen molar-refractivity contribution in [2.45, 2.75) is 18.1 Å². The van der Waals surface area contributed by atoms with Crippen LogP contribution in [0.2, 0.25) is 0 Å². The first-order valence-corrected chi connectivity index (χ1v) is 5.39. The number of nitrogens with zero attached hydrogens (tertiary/aromatic N) is 2. The summed E-state index contributed by atoms with van der Waals surface area (Å²) in [7, 11) is 0. The number of halogens is 7. The number of nitro benzene ring substituents is 1. The second-order valence-corrected chi connectivity index (χ2v) is 4.02. The second kappa shape index (κ2) is 5.89. The van der Waals surface area contributed by atoms with Gasteiger partial charge in [-0.25, -0.2) is 5.43 Å². The molecule has 2 N–H and O–H groups in total. The standard InChI is InChI=1S/C10H6F7N3O3/c11-8(12,9(13,14)15)10(16,17)19-18-4-5-1-2-7(21)6(3-5)20(22)23/h1-4,19,21H/b18-4+. The maximum Gasteiger partial charge on any atom is 0.462 e. The van der Waals surface area contributed by atoms with Crippen LogP contribution in [0, 0.1) is 10.1 Å². The third-order valence-corrected chi connectivity index (χ3v) is 2.37. The number of aromatic hydroxyl groups is 1. The molecule has 0 spiro atoms. The zero-order valence-corrected chi connectivity index (χ0v) is 10.6. The van der Waals surface area contributed by atoms with Crippen LogP contribution in [0.15, 0.2) is 23.3 Å². The van der Waals surface area contributed by atoms with Crippen molar-refractivity contribution in [3.63, 3.8) is 0 Å². The van der Waals surface area contributed by atoms with Crippen molar-refractivity contribution in [1.29, 1.82) is 0 Å². The molecule has 1 rings (SSSR count). The third kappa shape index (κ3) is 3.78. The number of hydrogen-bond donors (Lipinski definition) is 2. The fourth-order valence-electron chi connectivity index (χ4n) is 1.20. The summed E-state index contributed by atoms with van der Waals surface area (Å²) in [5.74, 6) is -7.16. The monoisotopic (exact) mass is 349 g/mol. The zero-order valence-electron chi connectivity index (χ0n) is 10.6. The normalized spacial score (nSPS) is 13.3. The molecule has 0 aliphatic carbocycles. The lowest BCUT2D eigenvalue weighted by Crippen LogP contribution is -2.58. The average Bonchev–Trinajstić information content (AvgIpc) is 2.38. The lowest BCUT2D eigenvalue weighted by atomic mass is 10.2. The van der Waals surface area contributed by atoms with E-state index in [9.17, 15) is 40.8 Å². The summed E-state index contributed by atoms with van der Waals surface area (Å²) < 4.78 is 86.2. The molecule has 23 heavy (non-hydrogen) atoms. The first-order valence-electron chi connectivity index (χ1n) is 5.39. The third-order valence-electron chi connectivity index (χ3n) is 2.37. The zero-order chi connectivity index (χ0) is 18.1.